The summed E-state index contributed by atoms with van der Waals surface area (Å²) in [6.45, 7) is 2.98. The number of rotatable bonds is 6. The van der Waals surface area contributed by atoms with E-state index in [1.807, 2.05) is 55.5 Å². The second kappa shape index (κ2) is 9.60. The van der Waals surface area contributed by atoms with Gasteiger partial charge in [0.1, 0.15) is 11.6 Å². The minimum atomic E-state index is -0.131. The van der Waals surface area contributed by atoms with E-state index in [4.69, 9.17) is 9.72 Å². The third-order valence-corrected chi connectivity index (χ3v) is 5.72. The maximum Gasteiger partial charge on any atom is 0.255 e. The fraction of sp³-hybridized carbons (Fsp3) is 0.320. The van der Waals surface area contributed by atoms with Crippen LogP contribution in [0.4, 0.5) is 0 Å². The lowest BCUT2D eigenvalue weighted by Gasteiger charge is -2.16. The number of nitrogens with zero attached hydrogens (tertiary/aromatic N) is 1. The number of aromatic nitrogens is 2. The highest BCUT2D eigenvalue weighted by Gasteiger charge is 2.22. The predicted octanol–water partition coefficient (Wildman–Crippen LogP) is 3.76. The summed E-state index contributed by atoms with van der Waals surface area (Å²) in [4.78, 5) is 33.1. The summed E-state index contributed by atoms with van der Waals surface area (Å²) in [6.07, 6.45) is 3.12. The van der Waals surface area contributed by atoms with E-state index < -0.39 is 0 Å². The van der Waals surface area contributed by atoms with Crippen LogP contribution in [0.15, 0.2) is 59.4 Å². The number of carbonyl (C=O) groups is 1. The third kappa shape index (κ3) is 4.85. The number of aryl methyl sites for hydroxylation is 1. The average Bonchev–Trinajstić information content (AvgIpc) is 3.01. The standard InChI is InChI=1S/C25H27N3O3/c1-2-31-22-11-7-6-10-20(22)24(29)26-16-17-12-14-19-21(15-13-17)27-23(28-25(19)30)18-8-4-3-5-9-18/h3-11,17H,2,12-16H2,1H3,(H,26,29)(H,27,28,30). The maximum atomic E-state index is 12.7. The van der Waals surface area contributed by atoms with Gasteiger partial charge >= 0.3 is 0 Å². The van der Waals surface area contributed by atoms with Crippen molar-refractivity contribution in [3.05, 3.63) is 81.8 Å². The Balaban J connectivity index is 1.43. The van der Waals surface area contributed by atoms with Crippen molar-refractivity contribution < 1.29 is 9.53 Å². The van der Waals surface area contributed by atoms with E-state index in [2.05, 4.69) is 10.3 Å². The number of para-hydroxylation sites is 1. The summed E-state index contributed by atoms with van der Waals surface area (Å²) in [5.74, 6) is 1.37. The molecule has 0 spiro atoms. The Morgan fingerprint density at radius 3 is 2.65 bits per heavy atom. The van der Waals surface area contributed by atoms with E-state index in [0.717, 1.165) is 36.1 Å². The molecule has 2 N–H and O–H groups in total. The number of ether oxygens (including phenoxy) is 1. The molecular formula is C25H27N3O3. The lowest BCUT2D eigenvalue weighted by molar-refractivity contribution is 0.0942. The van der Waals surface area contributed by atoms with Gasteiger partial charge in [0.15, 0.2) is 0 Å². The third-order valence-electron chi connectivity index (χ3n) is 5.72. The Labute approximate surface area is 181 Å². The van der Waals surface area contributed by atoms with Crippen LogP contribution in [-0.2, 0) is 12.8 Å². The molecule has 6 nitrogen and oxygen atoms in total. The van der Waals surface area contributed by atoms with E-state index in [-0.39, 0.29) is 17.4 Å². The van der Waals surface area contributed by atoms with Gasteiger partial charge in [0, 0.05) is 17.7 Å². The molecule has 0 radical (unpaired) electrons. The van der Waals surface area contributed by atoms with E-state index in [0.29, 0.717) is 36.7 Å². The number of aromatic amines is 1. The molecular weight excluding hydrogens is 390 g/mol. The van der Waals surface area contributed by atoms with Gasteiger partial charge in [0.25, 0.3) is 11.5 Å². The molecule has 1 heterocycles. The number of hydrogen-bond acceptors (Lipinski definition) is 4. The van der Waals surface area contributed by atoms with Crippen LogP contribution < -0.4 is 15.6 Å². The molecule has 1 aromatic heterocycles. The minimum Gasteiger partial charge on any atom is -0.493 e. The van der Waals surface area contributed by atoms with Gasteiger partial charge in [0.2, 0.25) is 0 Å². The van der Waals surface area contributed by atoms with E-state index in [1.54, 1.807) is 6.07 Å². The van der Waals surface area contributed by atoms with Crippen molar-refractivity contribution in [2.75, 3.05) is 13.2 Å². The summed E-state index contributed by atoms with van der Waals surface area (Å²) in [6, 6.07) is 17.0. The number of hydrogen-bond donors (Lipinski definition) is 2. The van der Waals surface area contributed by atoms with Gasteiger partial charge in [-0.1, -0.05) is 42.5 Å². The van der Waals surface area contributed by atoms with Gasteiger partial charge in [-0.25, -0.2) is 4.98 Å². The number of fused-ring (bicyclic) bond motifs is 1. The molecule has 0 aliphatic heterocycles. The molecule has 1 amide bonds. The van der Waals surface area contributed by atoms with Crippen LogP contribution in [0.3, 0.4) is 0 Å². The monoisotopic (exact) mass is 417 g/mol. The van der Waals surface area contributed by atoms with Crippen LogP contribution in [0, 0.1) is 5.92 Å². The van der Waals surface area contributed by atoms with Gasteiger partial charge in [-0.3, -0.25) is 9.59 Å². The molecule has 1 unspecified atom stereocenters. The minimum absolute atomic E-state index is 0.0563. The molecule has 0 bridgehead atoms. The van der Waals surface area contributed by atoms with E-state index in [1.165, 1.54) is 0 Å². The zero-order valence-electron chi connectivity index (χ0n) is 17.7. The van der Waals surface area contributed by atoms with Gasteiger partial charge < -0.3 is 15.0 Å². The number of H-pyrrole nitrogens is 1. The smallest absolute Gasteiger partial charge is 0.255 e. The predicted molar refractivity (Wildman–Crippen MR) is 120 cm³/mol. The number of amides is 1. The normalized spacial score (nSPS) is 15.6. The summed E-state index contributed by atoms with van der Waals surface area (Å²) >= 11 is 0. The SMILES string of the molecule is CCOc1ccccc1C(=O)NCC1CCc2nc(-c3ccccc3)[nH]c(=O)c2CC1. The zero-order valence-corrected chi connectivity index (χ0v) is 17.7. The molecule has 160 valence electrons. The highest BCUT2D eigenvalue weighted by Crippen LogP contribution is 2.24. The Bertz CT molecular complexity index is 1110. The molecule has 31 heavy (non-hydrogen) atoms. The van der Waals surface area contributed by atoms with Gasteiger partial charge in [-0.05, 0) is 50.7 Å². The Hall–Kier alpha value is -3.41. The largest absolute Gasteiger partial charge is 0.493 e. The molecule has 0 saturated carbocycles. The van der Waals surface area contributed by atoms with Crippen LogP contribution >= 0.6 is 0 Å². The van der Waals surface area contributed by atoms with Crippen molar-refractivity contribution in [3.63, 3.8) is 0 Å². The Morgan fingerprint density at radius 1 is 1.10 bits per heavy atom. The zero-order chi connectivity index (χ0) is 21.6. The molecule has 0 saturated heterocycles. The van der Waals surface area contributed by atoms with E-state index >= 15 is 0 Å². The second-order valence-electron chi connectivity index (χ2n) is 7.79. The summed E-state index contributed by atoms with van der Waals surface area (Å²) < 4.78 is 5.57. The Morgan fingerprint density at radius 2 is 1.84 bits per heavy atom. The first-order valence-corrected chi connectivity index (χ1v) is 10.8. The molecule has 0 fully saturated rings. The first kappa shape index (κ1) is 20.8. The van der Waals surface area contributed by atoms with Crippen molar-refractivity contribution in [3.8, 4) is 17.1 Å². The average molecular weight is 418 g/mol. The molecule has 3 aromatic rings. The van der Waals surface area contributed by atoms with Crippen molar-refractivity contribution in [1.82, 2.24) is 15.3 Å². The molecule has 1 aliphatic carbocycles. The molecule has 1 aliphatic rings. The van der Waals surface area contributed by atoms with Gasteiger partial charge in [0.05, 0.1) is 17.9 Å². The van der Waals surface area contributed by atoms with Crippen molar-refractivity contribution in [2.24, 2.45) is 5.92 Å². The number of nitrogens with one attached hydrogen (secondary N) is 2. The fourth-order valence-corrected chi connectivity index (χ4v) is 4.05. The topological polar surface area (TPSA) is 84.1 Å². The lowest BCUT2D eigenvalue weighted by atomic mass is 9.99. The highest BCUT2D eigenvalue weighted by molar-refractivity contribution is 5.96. The van der Waals surface area contributed by atoms with Crippen molar-refractivity contribution in [2.45, 2.75) is 32.6 Å². The fourth-order valence-electron chi connectivity index (χ4n) is 4.05. The van der Waals surface area contributed by atoms with E-state index in [9.17, 15) is 9.59 Å². The van der Waals surface area contributed by atoms with Crippen molar-refractivity contribution in [1.29, 1.82) is 0 Å². The molecule has 1 atom stereocenters. The lowest BCUT2D eigenvalue weighted by Crippen LogP contribution is -2.30. The van der Waals surface area contributed by atoms with Crippen LogP contribution in [0.2, 0.25) is 0 Å². The maximum absolute atomic E-state index is 12.7. The van der Waals surface area contributed by atoms with Crippen molar-refractivity contribution >= 4 is 5.91 Å². The molecule has 4 rings (SSSR count). The van der Waals surface area contributed by atoms with Crippen LogP contribution in [0.1, 0.15) is 41.4 Å². The molecule has 6 heteroatoms. The van der Waals surface area contributed by atoms with Crippen LogP contribution in [-0.4, -0.2) is 29.0 Å². The first-order valence-electron chi connectivity index (χ1n) is 10.8. The first-order chi connectivity index (χ1) is 15.2. The van der Waals surface area contributed by atoms with Gasteiger partial charge in [-0.2, -0.15) is 0 Å². The highest BCUT2D eigenvalue weighted by atomic mass is 16.5. The summed E-state index contributed by atoms with van der Waals surface area (Å²) in [5, 5.41) is 3.05. The quantitative estimate of drug-likeness (QED) is 0.598. The van der Waals surface area contributed by atoms with Crippen LogP contribution in [0.5, 0.6) is 5.75 Å². The second-order valence-corrected chi connectivity index (χ2v) is 7.79. The summed E-state index contributed by atoms with van der Waals surface area (Å²) in [5.41, 5.74) is 3.04. The van der Waals surface area contributed by atoms with Crippen LogP contribution in [0.25, 0.3) is 11.4 Å². The number of carbonyl (C=O) groups excluding carboxylic acids is 1. The Kier molecular flexibility index (Phi) is 6.46. The van der Waals surface area contributed by atoms with Gasteiger partial charge in [-0.15, -0.1) is 0 Å². The number of benzene rings is 2. The molecule has 2 aromatic carbocycles. The summed E-state index contributed by atoms with van der Waals surface area (Å²) in [7, 11) is 0.